The standard InChI is InChI=1S/C12H8BrFOS/c13-9-5-6-16-12(9)11(15)7-8-3-1-2-4-10(8)14/h1-6H,7H2. The van der Waals surface area contributed by atoms with Crippen LogP contribution in [0.3, 0.4) is 0 Å². The van der Waals surface area contributed by atoms with E-state index in [1.807, 2.05) is 11.4 Å². The summed E-state index contributed by atoms with van der Waals surface area (Å²) in [6, 6.07) is 8.17. The van der Waals surface area contributed by atoms with Crippen LogP contribution in [0, 0.1) is 5.82 Å². The molecule has 1 aromatic heterocycles. The van der Waals surface area contributed by atoms with E-state index in [9.17, 15) is 9.18 Å². The van der Waals surface area contributed by atoms with Gasteiger partial charge in [0.25, 0.3) is 0 Å². The maximum Gasteiger partial charge on any atom is 0.178 e. The topological polar surface area (TPSA) is 17.1 Å². The summed E-state index contributed by atoms with van der Waals surface area (Å²) in [6.45, 7) is 0. The van der Waals surface area contributed by atoms with Gasteiger partial charge in [-0.3, -0.25) is 4.79 Å². The number of hydrogen-bond acceptors (Lipinski definition) is 2. The van der Waals surface area contributed by atoms with Gasteiger partial charge in [0.05, 0.1) is 4.88 Å². The van der Waals surface area contributed by atoms with Crippen LogP contribution in [-0.2, 0) is 6.42 Å². The van der Waals surface area contributed by atoms with Crippen molar-refractivity contribution in [2.24, 2.45) is 0 Å². The third-order valence-electron chi connectivity index (χ3n) is 2.18. The van der Waals surface area contributed by atoms with Crippen molar-refractivity contribution in [3.05, 3.63) is 56.4 Å². The number of carbonyl (C=O) groups is 1. The summed E-state index contributed by atoms with van der Waals surface area (Å²) >= 11 is 4.66. The first-order chi connectivity index (χ1) is 7.68. The Morgan fingerprint density at radius 3 is 2.69 bits per heavy atom. The van der Waals surface area contributed by atoms with Crippen molar-refractivity contribution in [1.29, 1.82) is 0 Å². The fourth-order valence-corrected chi connectivity index (χ4v) is 2.92. The molecule has 2 aromatic rings. The lowest BCUT2D eigenvalue weighted by molar-refractivity contribution is 0.0995. The van der Waals surface area contributed by atoms with E-state index in [0.717, 1.165) is 4.47 Å². The number of benzene rings is 1. The molecule has 0 atom stereocenters. The van der Waals surface area contributed by atoms with Crippen LogP contribution in [0.5, 0.6) is 0 Å². The summed E-state index contributed by atoms with van der Waals surface area (Å²) in [5.41, 5.74) is 0.438. The maximum absolute atomic E-state index is 13.3. The highest BCUT2D eigenvalue weighted by atomic mass is 79.9. The number of ketones is 1. The Morgan fingerprint density at radius 2 is 2.06 bits per heavy atom. The second-order valence-electron chi connectivity index (χ2n) is 3.29. The van der Waals surface area contributed by atoms with Crippen LogP contribution in [0.2, 0.25) is 0 Å². The van der Waals surface area contributed by atoms with Crippen molar-refractivity contribution < 1.29 is 9.18 Å². The highest BCUT2D eigenvalue weighted by molar-refractivity contribution is 9.10. The Hall–Kier alpha value is -1.00. The number of carbonyl (C=O) groups excluding carboxylic acids is 1. The highest BCUT2D eigenvalue weighted by Crippen LogP contribution is 2.24. The van der Waals surface area contributed by atoms with Crippen LogP contribution < -0.4 is 0 Å². The fraction of sp³-hybridized carbons (Fsp3) is 0.0833. The first-order valence-electron chi connectivity index (χ1n) is 4.68. The minimum atomic E-state index is -0.330. The molecule has 0 saturated heterocycles. The average Bonchev–Trinajstić information content (AvgIpc) is 2.68. The van der Waals surface area contributed by atoms with Gasteiger partial charge in [0.15, 0.2) is 5.78 Å². The van der Waals surface area contributed by atoms with Crippen molar-refractivity contribution in [1.82, 2.24) is 0 Å². The van der Waals surface area contributed by atoms with E-state index in [2.05, 4.69) is 15.9 Å². The second kappa shape index (κ2) is 4.89. The SMILES string of the molecule is O=C(Cc1ccccc1F)c1sccc1Br. The number of rotatable bonds is 3. The lowest BCUT2D eigenvalue weighted by Gasteiger charge is -2.01. The molecule has 0 N–H and O–H groups in total. The monoisotopic (exact) mass is 298 g/mol. The van der Waals surface area contributed by atoms with E-state index < -0.39 is 0 Å². The van der Waals surface area contributed by atoms with Gasteiger partial charge in [-0.2, -0.15) is 0 Å². The molecule has 0 aliphatic heterocycles. The van der Waals surface area contributed by atoms with E-state index in [4.69, 9.17) is 0 Å². The molecule has 2 rings (SSSR count). The third kappa shape index (κ3) is 2.39. The fourth-order valence-electron chi connectivity index (χ4n) is 1.39. The normalized spacial score (nSPS) is 10.4. The van der Waals surface area contributed by atoms with E-state index in [1.165, 1.54) is 17.4 Å². The summed E-state index contributed by atoms with van der Waals surface area (Å²) in [5, 5.41) is 1.83. The maximum atomic E-state index is 13.3. The molecule has 0 aliphatic carbocycles. The Morgan fingerprint density at radius 1 is 1.31 bits per heavy atom. The third-order valence-corrected chi connectivity index (χ3v) is 4.06. The van der Waals surface area contributed by atoms with Crippen LogP contribution in [0.1, 0.15) is 15.2 Å². The van der Waals surface area contributed by atoms with Crippen LogP contribution in [0.25, 0.3) is 0 Å². The molecule has 1 heterocycles. The zero-order valence-corrected chi connectivity index (χ0v) is 10.6. The summed E-state index contributed by atoms with van der Waals surface area (Å²) in [7, 11) is 0. The van der Waals surface area contributed by atoms with Crippen molar-refractivity contribution in [2.45, 2.75) is 6.42 Å². The quantitative estimate of drug-likeness (QED) is 0.781. The van der Waals surface area contributed by atoms with Gasteiger partial charge in [-0.15, -0.1) is 11.3 Å². The van der Waals surface area contributed by atoms with Crippen molar-refractivity contribution in [3.63, 3.8) is 0 Å². The lowest BCUT2D eigenvalue weighted by Crippen LogP contribution is -2.03. The van der Waals surface area contributed by atoms with Crippen LogP contribution in [-0.4, -0.2) is 5.78 Å². The van der Waals surface area contributed by atoms with Gasteiger partial charge in [0.2, 0.25) is 0 Å². The van der Waals surface area contributed by atoms with Gasteiger partial charge in [-0.1, -0.05) is 18.2 Å². The van der Waals surface area contributed by atoms with Crippen LogP contribution in [0.4, 0.5) is 4.39 Å². The molecule has 0 radical (unpaired) electrons. The molecular formula is C12H8BrFOS. The van der Waals surface area contributed by atoms with Crippen molar-refractivity contribution >= 4 is 33.0 Å². The summed E-state index contributed by atoms with van der Waals surface area (Å²) in [4.78, 5) is 12.5. The first kappa shape index (κ1) is 11.5. The zero-order valence-electron chi connectivity index (χ0n) is 8.24. The molecule has 0 bridgehead atoms. The Bertz CT molecular complexity index is 521. The molecule has 82 valence electrons. The molecular weight excluding hydrogens is 291 g/mol. The van der Waals surface area contributed by atoms with E-state index in [1.54, 1.807) is 18.2 Å². The molecule has 1 nitrogen and oxygen atoms in total. The Balaban J connectivity index is 2.21. The number of halogens is 2. The van der Waals surface area contributed by atoms with Gasteiger partial charge >= 0.3 is 0 Å². The number of thiophene rings is 1. The first-order valence-corrected chi connectivity index (χ1v) is 6.35. The Kier molecular flexibility index (Phi) is 3.51. The molecule has 0 unspecified atom stereocenters. The van der Waals surface area contributed by atoms with Crippen LogP contribution >= 0.6 is 27.3 Å². The Labute approximate surface area is 105 Å². The van der Waals surface area contributed by atoms with Crippen molar-refractivity contribution in [3.8, 4) is 0 Å². The minimum Gasteiger partial charge on any atom is -0.293 e. The predicted octanol–water partition coefficient (Wildman–Crippen LogP) is 4.08. The molecule has 16 heavy (non-hydrogen) atoms. The van der Waals surface area contributed by atoms with Gasteiger partial charge < -0.3 is 0 Å². The van der Waals surface area contributed by atoms with Gasteiger partial charge in [-0.05, 0) is 39.0 Å². The van der Waals surface area contributed by atoms with Crippen molar-refractivity contribution in [2.75, 3.05) is 0 Å². The molecule has 0 fully saturated rings. The minimum absolute atomic E-state index is 0.0630. The second-order valence-corrected chi connectivity index (χ2v) is 5.06. The highest BCUT2D eigenvalue weighted by Gasteiger charge is 2.13. The van der Waals surface area contributed by atoms with Gasteiger partial charge in [-0.25, -0.2) is 4.39 Å². The van der Waals surface area contributed by atoms with Gasteiger partial charge in [0, 0.05) is 10.9 Å². The summed E-state index contributed by atoms with van der Waals surface area (Å²) in [6.07, 6.45) is 0.103. The number of Topliss-reactive ketones (excluding diaryl/α,β-unsaturated/α-hetero) is 1. The predicted molar refractivity (Wildman–Crippen MR) is 66.5 cm³/mol. The number of hydrogen-bond donors (Lipinski definition) is 0. The smallest absolute Gasteiger partial charge is 0.178 e. The van der Waals surface area contributed by atoms with Gasteiger partial charge in [0.1, 0.15) is 5.82 Å². The molecule has 0 amide bonds. The molecule has 0 spiro atoms. The summed E-state index contributed by atoms with van der Waals surface area (Å²) in [5.74, 6) is -0.393. The largest absolute Gasteiger partial charge is 0.293 e. The average molecular weight is 299 g/mol. The molecule has 4 heteroatoms. The zero-order chi connectivity index (χ0) is 11.5. The van der Waals surface area contributed by atoms with E-state index in [-0.39, 0.29) is 18.0 Å². The lowest BCUT2D eigenvalue weighted by atomic mass is 10.1. The van der Waals surface area contributed by atoms with E-state index in [0.29, 0.717) is 10.4 Å². The summed E-state index contributed by atoms with van der Waals surface area (Å²) < 4.78 is 14.1. The molecule has 0 aliphatic rings. The van der Waals surface area contributed by atoms with Crippen LogP contribution in [0.15, 0.2) is 40.2 Å². The van der Waals surface area contributed by atoms with E-state index >= 15 is 0 Å². The molecule has 1 aromatic carbocycles. The molecule has 0 saturated carbocycles.